The normalized spacial score (nSPS) is 18.6. The maximum Gasteiger partial charge on any atom is 0.263 e. The van der Waals surface area contributed by atoms with Crippen molar-refractivity contribution in [2.45, 2.75) is 25.9 Å². The van der Waals surface area contributed by atoms with E-state index in [1.54, 1.807) is 14.2 Å². The number of piperidine rings is 1. The van der Waals surface area contributed by atoms with Gasteiger partial charge in [-0.05, 0) is 19.8 Å². The molecule has 1 fully saturated rings. The van der Waals surface area contributed by atoms with Gasteiger partial charge in [-0.25, -0.2) is 0 Å². The third-order valence-corrected chi connectivity index (χ3v) is 4.87. The lowest BCUT2D eigenvalue weighted by Crippen LogP contribution is -2.39. The average Bonchev–Trinajstić information content (AvgIpc) is 2.84. The third-order valence-electron chi connectivity index (χ3n) is 3.63. The Hall–Kier alpha value is -1.47. The highest BCUT2D eigenvalue weighted by atomic mass is 32.1. The van der Waals surface area contributed by atoms with Crippen molar-refractivity contribution < 1.29 is 14.3 Å². The first-order valence-corrected chi connectivity index (χ1v) is 7.96. The minimum absolute atomic E-state index is 0.148. The van der Waals surface area contributed by atoms with Crippen molar-refractivity contribution in [3.05, 3.63) is 4.88 Å². The molecule has 1 atom stereocenters. The molecule has 0 bridgehead atoms. The second-order valence-corrected chi connectivity index (χ2v) is 5.99. The summed E-state index contributed by atoms with van der Waals surface area (Å²) < 4.78 is 10.9. The Bertz CT molecular complexity index is 504. The fourth-order valence-electron chi connectivity index (χ4n) is 2.55. The number of hydrogen-bond donors (Lipinski definition) is 2. The van der Waals surface area contributed by atoms with Gasteiger partial charge in [-0.2, -0.15) is 0 Å². The summed E-state index contributed by atoms with van der Waals surface area (Å²) in [4.78, 5) is 14.8. The number of carbonyl (C=O) groups excluding carboxylic acids is 1. The lowest BCUT2D eigenvalue weighted by molar-refractivity contribution is 0.0894. The van der Waals surface area contributed by atoms with Crippen LogP contribution in [0.1, 0.15) is 29.4 Å². The van der Waals surface area contributed by atoms with Crippen molar-refractivity contribution in [1.82, 2.24) is 5.32 Å². The predicted molar refractivity (Wildman–Crippen MR) is 85.5 cm³/mol. The molecular formula is C14H23N3O3S. The molecule has 7 heteroatoms. The molecule has 0 aromatic carbocycles. The minimum Gasteiger partial charge on any atom is -0.492 e. The topological polar surface area (TPSA) is 76.8 Å². The molecule has 1 aliphatic heterocycles. The van der Waals surface area contributed by atoms with E-state index in [0.717, 1.165) is 30.9 Å². The average molecular weight is 313 g/mol. The number of rotatable bonds is 5. The molecule has 0 spiro atoms. The number of methoxy groups -OCH3 is 2. The third kappa shape index (κ3) is 3.24. The van der Waals surface area contributed by atoms with Gasteiger partial charge in [0.05, 0.1) is 13.2 Å². The molecule has 1 aliphatic rings. The monoisotopic (exact) mass is 313 g/mol. The van der Waals surface area contributed by atoms with E-state index < -0.39 is 0 Å². The fourth-order valence-corrected chi connectivity index (χ4v) is 3.69. The lowest BCUT2D eigenvalue weighted by atomic mass is 10.1. The highest BCUT2D eigenvalue weighted by molar-refractivity contribution is 7.19. The summed E-state index contributed by atoms with van der Waals surface area (Å²) in [6.07, 6.45) is 2.31. The standard InChI is InChI=1S/C14H23N3O3S/c1-4-16-13(18)12-10(15)11(20-3)14(21-12)17-7-5-6-9(8-17)19-2/h9H,4-8,15H2,1-3H3,(H,16,18). The van der Waals surface area contributed by atoms with E-state index >= 15 is 0 Å². The zero-order valence-corrected chi connectivity index (χ0v) is 13.6. The van der Waals surface area contributed by atoms with E-state index in [2.05, 4.69) is 10.2 Å². The predicted octanol–water partition coefficient (Wildman–Crippen LogP) is 1.70. The van der Waals surface area contributed by atoms with Gasteiger partial charge in [0.15, 0.2) is 5.75 Å². The molecule has 0 aliphatic carbocycles. The van der Waals surface area contributed by atoms with E-state index in [4.69, 9.17) is 15.2 Å². The number of thiophene rings is 1. The zero-order chi connectivity index (χ0) is 15.4. The van der Waals surface area contributed by atoms with Gasteiger partial charge < -0.3 is 25.4 Å². The van der Waals surface area contributed by atoms with E-state index in [1.807, 2.05) is 6.92 Å². The van der Waals surface area contributed by atoms with Crippen LogP contribution in [0.25, 0.3) is 0 Å². The van der Waals surface area contributed by atoms with E-state index in [-0.39, 0.29) is 12.0 Å². The van der Waals surface area contributed by atoms with Crippen LogP contribution in [-0.2, 0) is 4.74 Å². The molecule has 0 radical (unpaired) electrons. The van der Waals surface area contributed by atoms with Gasteiger partial charge in [0.25, 0.3) is 5.91 Å². The molecular weight excluding hydrogens is 290 g/mol. The van der Waals surface area contributed by atoms with E-state index in [9.17, 15) is 4.79 Å². The summed E-state index contributed by atoms with van der Waals surface area (Å²) in [5.41, 5.74) is 6.51. The Morgan fingerprint density at radius 2 is 2.29 bits per heavy atom. The first kappa shape index (κ1) is 15.9. The first-order chi connectivity index (χ1) is 10.1. The van der Waals surface area contributed by atoms with Crippen LogP contribution in [0.15, 0.2) is 0 Å². The first-order valence-electron chi connectivity index (χ1n) is 7.14. The maximum absolute atomic E-state index is 12.1. The number of ether oxygens (including phenoxy) is 2. The Kier molecular flexibility index (Phi) is 5.30. The van der Waals surface area contributed by atoms with Crippen molar-refractivity contribution in [2.24, 2.45) is 0 Å². The van der Waals surface area contributed by atoms with Crippen LogP contribution in [0.3, 0.4) is 0 Å². The second-order valence-electron chi connectivity index (χ2n) is 4.99. The van der Waals surface area contributed by atoms with Crippen molar-refractivity contribution in [2.75, 3.05) is 44.5 Å². The van der Waals surface area contributed by atoms with E-state index in [1.165, 1.54) is 11.3 Å². The van der Waals surface area contributed by atoms with Crippen LogP contribution in [0.2, 0.25) is 0 Å². The fraction of sp³-hybridized carbons (Fsp3) is 0.643. The Morgan fingerprint density at radius 3 is 2.90 bits per heavy atom. The summed E-state index contributed by atoms with van der Waals surface area (Å²) in [5.74, 6) is 0.447. The van der Waals surface area contributed by atoms with Crippen molar-refractivity contribution in [3.8, 4) is 5.75 Å². The van der Waals surface area contributed by atoms with Gasteiger partial charge in [0.1, 0.15) is 15.6 Å². The number of hydrogen-bond acceptors (Lipinski definition) is 6. The second kappa shape index (κ2) is 7.00. The van der Waals surface area contributed by atoms with Crippen LogP contribution in [-0.4, -0.2) is 45.9 Å². The maximum atomic E-state index is 12.1. The van der Waals surface area contributed by atoms with Crippen LogP contribution < -0.4 is 20.7 Å². The molecule has 1 aromatic rings. The largest absolute Gasteiger partial charge is 0.492 e. The zero-order valence-electron chi connectivity index (χ0n) is 12.8. The smallest absolute Gasteiger partial charge is 0.263 e. The highest BCUT2D eigenvalue weighted by Crippen LogP contribution is 2.45. The Balaban J connectivity index is 2.30. The molecule has 6 nitrogen and oxygen atoms in total. The summed E-state index contributed by atoms with van der Waals surface area (Å²) in [5, 5.41) is 3.70. The number of carbonyl (C=O) groups is 1. The molecule has 21 heavy (non-hydrogen) atoms. The van der Waals surface area contributed by atoms with Crippen LogP contribution in [0.5, 0.6) is 5.75 Å². The quantitative estimate of drug-likeness (QED) is 0.865. The van der Waals surface area contributed by atoms with Crippen molar-refractivity contribution >= 4 is 27.9 Å². The number of nitrogens with two attached hydrogens (primary N) is 1. The van der Waals surface area contributed by atoms with Crippen LogP contribution >= 0.6 is 11.3 Å². The lowest BCUT2D eigenvalue weighted by Gasteiger charge is -2.32. The van der Waals surface area contributed by atoms with Gasteiger partial charge in [-0.3, -0.25) is 4.79 Å². The van der Waals surface area contributed by atoms with Crippen molar-refractivity contribution in [1.29, 1.82) is 0 Å². The van der Waals surface area contributed by atoms with E-state index in [0.29, 0.717) is 22.9 Å². The molecule has 2 rings (SSSR count). The molecule has 0 saturated carbocycles. The van der Waals surface area contributed by atoms with Crippen molar-refractivity contribution in [3.63, 3.8) is 0 Å². The number of nitrogens with zero attached hydrogens (tertiary/aromatic N) is 1. The minimum atomic E-state index is -0.148. The molecule has 118 valence electrons. The number of nitrogens with one attached hydrogen (secondary N) is 1. The molecule has 1 unspecified atom stereocenters. The molecule has 1 saturated heterocycles. The van der Waals surface area contributed by atoms with Gasteiger partial charge in [0.2, 0.25) is 0 Å². The summed E-state index contributed by atoms with van der Waals surface area (Å²) >= 11 is 1.39. The molecule has 3 N–H and O–H groups in total. The van der Waals surface area contributed by atoms with Gasteiger partial charge in [-0.1, -0.05) is 0 Å². The summed E-state index contributed by atoms with van der Waals surface area (Å²) in [7, 11) is 3.31. The molecule has 1 amide bonds. The summed E-state index contributed by atoms with van der Waals surface area (Å²) in [6.45, 7) is 4.17. The number of nitrogen functional groups attached to an aromatic ring is 1. The van der Waals surface area contributed by atoms with Gasteiger partial charge >= 0.3 is 0 Å². The highest BCUT2D eigenvalue weighted by Gasteiger charge is 2.28. The number of anilines is 2. The molecule has 2 heterocycles. The molecule has 1 aromatic heterocycles. The summed E-state index contributed by atoms with van der Waals surface area (Å²) in [6, 6.07) is 0. The van der Waals surface area contributed by atoms with Gasteiger partial charge in [-0.15, -0.1) is 11.3 Å². The Labute approximate surface area is 129 Å². The van der Waals surface area contributed by atoms with Crippen LogP contribution in [0, 0.1) is 0 Å². The van der Waals surface area contributed by atoms with Crippen LogP contribution in [0.4, 0.5) is 10.7 Å². The number of amides is 1. The Morgan fingerprint density at radius 1 is 1.52 bits per heavy atom. The SMILES string of the molecule is CCNC(=O)c1sc(N2CCCC(OC)C2)c(OC)c1N. The van der Waals surface area contributed by atoms with Gasteiger partial charge in [0, 0.05) is 26.7 Å².